The van der Waals surface area contributed by atoms with Crippen LogP contribution < -0.4 is 10.0 Å². The Morgan fingerprint density at radius 2 is 1.55 bits per heavy atom. The van der Waals surface area contributed by atoms with Crippen molar-refractivity contribution in [2.45, 2.75) is 43.3 Å². The van der Waals surface area contributed by atoms with Crippen molar-refractivity contribution in [1.82, 2.24) is 10.0 Å². The summed E-state index contributed by atoms with van der Waals surface area (Å²) in [6, 6.07) is 11.9. The van der Waals surface area contributed by atoms with Crippen LogP contribution in [-0.2, 0) is 22.7 Å². The molecular weight excluding hydrogens is 469 g/mol. The van der Waals surface area contributed by atoms with Crippen molar-refractivity contribution in [2.24, 2.45) is 0 Å². The van der Waals surface area contributed by atoms with Crippen LogP contribution >= 0.6 is 15.9 Å². The first-order valence-corrected chi connectivity index (χ1v) is 11.6. The quantitative estimate of drug-likeness (QED) is 0.429. The molecule has 0 fully saturated rings. The van der Waals surface area contributed by atoms with Crippen molar-refractivity contribution in [3.63, 3.8) is 0 Å². The van der Waals surface area contributed by atoms with E-state index in [9.17, 15) is 21.6 Å². The van der Waals surface area contributed by atoms with Crippen LogP contribution in [0, 0.1) is 0 Å². The molecule has 0 saturated carbocycles. The molecule has 0 amide bonds. The molecule has 2 aromatic rings. The van der Waals surface area contributed by atoms with Crippen molar-refractivity contribution in [1.29, 1.82) is 0 Å². The average molecular weight is 493 g/mol. The monoisotopic (exact) mass is 492 g/mol. The normalized spacial score (nSPS) is 12.3. The van der Waals surface area contributed by atoms with Gasteiger partial charge in [-0.3, -0.25) is 0 Å². The van der Waals surface area contributed by atoms with Crippen LogP contribution in [0.4, 0.5) is 13.2 Å². The second-order valence-corrected chi connectivity index (χ2v) is 9.32. The van der Waals surface area contributed by atoms with Gasteiger partial charge >= 0.3 is 6.18 Å². The van der Waals surface area contributed by atoms with Crippen LogP contribution in [0.3, 0.4) is 0 Å². The predicted molar refractivity (Wildman–Crippen MR) is 111 cm³/mol. The maximum atomic E-state index is 12.7. The summed E-state index contributed by atoms with van der Waals surface area (Å²) in [6.07, 6.45) is -1.19. The van der Waals surface area contributed by atoms with E-state index in [2.05, 4.69) is 26.0 Å². The van der Waals surface area contributed by atoms with Crippen molar-refractivity contribution in [3.8, 4) is 0 Å². The third-order valence-corrected chi connectivity index (χ3v) is 6.27. The molecule has 0 saturated heterocycles. The number of alkyl halides is 3. The van der Waals surface area contributed by atoms with E-state index in [0.29, 0.717) is 12.5 Å². The van der Waals surface area contributed by atoms with Gasteiger partial charge in [-0.2, -0.15) is 13.2 Å². The van der Waals surface area contributed by atoms with Crippen LogP contribution in [0.1, 0.15) is 36.8 Å². The maximum Gasteiger partial charge on any atom is 0.416 e. The molecule has 0 aliphatic rings. The number of nitrogens with one attached hydrogen (secondary N) is 2. The number of benzene rings is 2. The number of hydrogen-bond donors (Lipinski definition) is 2. The molecule has 0 heterocycles. The Bertz CT molecular complexity index is 872. The van der Waals surface area contributed by atoms with Crippen molar-refractivity contribution in [3.05, 3.63) is 64.1 Å². The first-order chi connectivity index (χ1) is 13.7. The molecule has 0 bridgehead atoms. The van der Waals surface area contributed by atoms with Gasteiger partial charge < -0.3 is 5.32 Å². The van der Waals surface area contributed by atoms with Crippen molar-refractivity contribution >= 4 is 26.0 Å². The minimum Gasteiger partial charge on any atom is -0.313 e. The third-order valence-electron chi connectivity index (χ3n) is 4.29. The molecule has 2 aromatic carbocycles. The maximum absolute atomic E-state index is 12.7. The largest absolute Gasteiger partial charge is 0.416 e. The van der Waals surface area contributed by atoms with Gasteiger partial charge in [-0.1, -0.05) is 47.0 Å². The van der Waals surface area contributed by atoms with Crippen LogP contribution in [0.25, 0.3) is 0 Å². The molecule has 29 heavy (non-hydrogen) atoms. The molecule has 0 unspecified atom stereocenters. The fraction of sp³-hybridized carbons (Fsp3) is 0.400. The minimum absolute atomic E-state index is 0.199. The molecule has 0 radical (unpaired) electrons. The highest BCUT2D eigenvalue weighted by Gasteiger charge is 2.31. The number of unbranched alkanes of at least 4 members (excludes halogenated alkanes) is 3. The standard InChI is InChI=1S/C20H24BrF3N2O2S/c21-18-10-8-16(9-11-18)15-25-12-3-1-2-4-13-26-29(27,28)19-7-5-6-17(14-19)20(22,23)24/h5-11,14,25-26H,1-4,12-13,15H2. The SMILES string of the molecule is O=S(=O)(NCCCCCCNCc1ccc(Br)cc1)c1cccc(C(F)(F)F)c1. The molecule has 0 spiro atoms. The van der Waals surface area contributed by atoms with Crippen LogP contribution in [0.2, 0.25) is 0 Å². The Balaban J connectivity index is 1.61. The zero-order chi connectivity index (χ0) is 21.3. The smallest absolute Gasteiger partial charge is 0.313 e. The summed E-state index contributed by atoms with van der Waals surface area (Å²) >= 11 is 3.40. The number of halogens is 4. The summed E-state index contributed by atoms with van der Waals surface area (Å²) in [6.45, 7) is 1.86. The van der Waals surface area contributed by atoms with Gasteiger partial charge in [0.25, 0.3) is 0 Å². The summed E-state index contributed by atoms with van der Waals surface area (Å²) in [5.41, 5.74) is 0.230. The van der Waals surface area contributed by atoms with Gasteiger partial charge in [-0.05, 0) is 55.3 Å². The van der Waals surface area contributed by atoms with E-state index in [0.717, 1.165) is 55.0 Å². The van der Waals surface area contributed by atoms with E-state index >= 15 is 0 Å². The number of sulfonamides is 1. The first kappa shape index (κ1) is 23.9. The Morgan fingerprint density at radius 1 is 0.897 bits per heavy atom. The lowest BCUT2D eigenvalue weighted by Gasteiger charge is -2.10. The van der Waals surface area contributed by atoms with E-state index in [1.165, 1.54) is 5.56 Å². The fourth-order valence-electron chi connectivity index (χ4n) is 2.69. The van der Waals surface area contributed by atoms with Crippen molar-refractivity contribution < 1.29 is 21.6 Å². The molecule has 9 heteroatoms. The topological polar surface area (TPSA) is 58.2 Å². The van der Waals surface area contributed by atoms with E-state index in [1.807, 2.05) is 24.3 Å². The summed E-state index contributed by atoms with van der Waals surface area (Å²) in [5.74, 6) is 0. The second-order valence-electron chi connectivity index (χ2n) is 6.64. The average Bonchev–Trinajstić information content (AvgIpc) is 2.67. The summed E-state index contributed by atoms with van der Waals surface area (Å²) in [5, 5.41) is 3.36. The third kappa shape index (κ3) is 8.46. The molecule has 2 N–H and O–H groups in total. The fourth-order valence-corrected chi connectivity index (χ4v) is 4.08. The Labute approximate surface area is 178 Å². The molecular formula is C20H24BrF3N2O2S. The molecule has 0 aliphatic carbocycles. The highest BCUT2D eigenvalue weighted by Crippen LogP contribution is 2.30. The van der Waals surface area contributed by atoms with E-state index < -0.39 is 21.8 Å². The first-order valence-electron chi connectivity index (χ1n) is 9.30. The highest BCUT2D eigenvalue weighted by atomic mass is 79.9. The van der Waals surface area contributed by atoms with Gasteiger partial charge in [0.05, 0.1) is 10.5 Å². The summed E-state index contributed by atoms with van der Waals surface area (Å²) in [4.78, 5) is -0.371. The number of hydrogen-bond acceptors (Lipinski definition) is 3. The van der Waals surface area contributed by atoms with Gasteiger partial charge in [0.15, 0.2) is 0 Å². The van der Waals surface area contributed by atoms with Gasteiger partial charge in [0.2, 0.25) is 10.0 Å². The Morgan fingerprint density at radius 3 is 2.21 bits per heavy atom. The minimum atomic E-state index is -4.57. The summed E-state index contributed by atoms with van der Waals surface area (Å²) < 4.78 is 65.9. The molecule has 160 valence electrons. The lowest BCUT2D eigenvalue weighted by atomic mass is 10.2. The highest BCUT2D eigenvalue weighted by molar-refractivity contribution is 9.10. The van der Waals surface area contributed by atoms with Crippen LogP contribution in [0.15, 0.2) is 57.9 Å². The van der Waals surface area contributed by atoms with E-state index in [1.54, 1.807) is 0 Å². The zero-order valence-electron chi connectivity index (χ0n) is 15.8. The molecule has 0 aromatic heterocycles. The van der Waals surface area contributed by atoms with Gasteiger partial charge in [0.1, 0.15) is 0 Å². The van der Waals surface area contributed by atoms with E-state index in [-0.39, 0.29) is 11.4 Å². The molecule has 2 rings (SSSR count). The summed E-state index contributed by atoms with van der Waals surface area (Å²) in [7, 11) is -3.94. The predicted octanol–water partition coefficient (Wildman–Crippen LogP) is 5.10. The van der Waals surface area contributed by atoms with Crippen LogP contribution in [0.5, 0.6) is 0 Å². The van der Waals surface area contributed by atoms with Crippen molar-refractivity contribution in [2.75, 3.05) is 13.1 Å². The Kier molecular flexibility index (Phi) is 9.13. The Hall–Kier alpha value is -1.42. The lowest BCUT2D eigenvalue weighted by molar-refractivity contribution is -0.137. The molecule has 0 atom stereocenters. The molecule has 4 nitrogen and oxygen atoms in total. The zero-order valence-corrected chi connectivity index (χ0v) is 18.2. The lowest BCUT2D eigenvalue weighted by Crippen LogP contribution is -2.25. The van der Waals surface area contributed by atoms with E-state index in [4.69, 9.17) is 0 Å². The second kappa shape index (κ2) is 11.1. The van der Waals surface area contributed by atoms with Gasteiger partial charge in [-0.15, -0.1) is 0 Å². The van der Waals surface area contributed by atoms with Crippen LogP contribution in [-0.4, -0.2) is 21.5 Å². The molecule has 0 aliphatic heterocycles. The van der Waals surface area contributed by atoms with Gasteiger partial charge in [0, 0.05) is 17.6 Å². The number of rotatable bonds is 11. The van der Waals surface area contributed by atoms with Gasteiger partial charge in [-0.25, -0.2) is 13.1 Å².